The Hall–Kier alpha value is -0.910. The second-order valence-electron chi connectivity index (χ2n) is 2.99. The van der Waals surface area contributed by atoms with Crippen molar-refractivity contribution in [1.82, 2.24) is 9.97 Å². The highest BCUT2D eigenvalue weighted by Gasteiger charge is 2.10. The normalized spacial score (nSPS) is 10.9. The van der Waals surface area contributed by atoms with E-state index in [-0.39, 0.29) is 0 Å². The molecular formula is C10H11ClN2O2S. The van der Waals surface area contributed by atoms with Gasteiger partial charge in [-0.25, -0.2) is 9.97 Å². The topological polar surface area (TPSA) is 44.2 Å². The molecule has 0 spiro atoms. The number of fused-ring (bicyclic) bond motifs is 1. The molecular weight excluding hydrogens is 248 g/mol. The fourth-order valence-electron chi connectivity index (χ4n) is 1.27. The summed E-state index contributed by atoms with van der Waals surface area (Å²) in [7, 11) is 0. The zero-order chi connectivity index (χ0) is 11.4. The third-order valence-electron chi connectivity index (χ3n) is 1.96. The van der Waals surface area contributed by atoms with Gasteiger partial charge in [-0.3, -0.25) is 0 Å². The van der Waals surface area contributed by atoms with Crippen LogP contribution in [0, 0.1) is 0 Å². The largest absolute Gasteiger partial charge is 0.475 e. The fraction of sp³-hybridized carbons (Fsp3) is 0.400. The monoisotopic (exact) mass is 258 g/mol. The zero-order valence-corrected chi connectivity index (χ0v) is 10.3. The van der Waals surface area contributed by atoms with Crippen molar-refractivity contribution in [2.24, 2.45) is 0 Å². The van der Waals surface area contributed by atoms with Gasteiger partial charge < -0.3 is 9.47 Å². The van der Waals surface area contributed by atoms with Crippen LogP contribution in [-0.2, 0) is 4.74 Å². The summed E-state index contributed by atoms with van der Waals surface area (Å²) in [5.41, 5.74) is 0. The highest BCUT2D eigenvalue weighted by Crippen LogP contribution is 2.33. The summed E-state index contributed by atoms with van der Waals surface area (Å²) in [6, 6.07) is 0. The Labute approximate surface area is 102 Å². The second-order valence-corrected chi connectivity index (χ2v) is 4.25. The smallest absolute Gasteiger partial charge is 0.226 e. The first-order valence-electron chi connectivity index (χ1n) is 4.91. The van der Waals surface area contributed by atoms with E-state index >= 15 is 0 Å². The zero-order valence-electron chi connectivity index (χ0n) is 8.77. The number of halogens is 1. The van der Waals surface area contributed by atoms with E-state index in [0.717, 1.165) is 10.2 Å². The molecule has 86 valence electrons. The molecule has 0 amide bonds. The van der Waals surface area contributed by atoms with Crippen LogP contribution in [0.1, 0.15) is 6.92 Å². The molecule has 0 aromatic carbocycles. The maximum atomic E-state index is 6.04. The Morgan fingerprint density at radius 3 is 3.06 bits per heavy atom. The number of nitrogens with zero attached hydrogens (tertiary/aromatic N) is 2. The number of thiophene rings is 1. The van der Waals surface area contributed by atoms with Crippen LogP contribution >= 0.6 is 22.9 Å². The van der Waals surface area contributed by atoms with Crippen molar-refractivity contribution in [2.75, 3.05) is 19.8 Å². The van der Waals surface area contributed by atoms with E-state index in [1.54, 1.807) is 0 Å². The molecule has 0 aliphatic carbocycles. The van der Waals surface area contributed by atoms with Crippen molar-refractivity contribution < 1.29 is 9.47 Å². The van der Waals surface area contributed by atoms with Crippen LogP contribution < -0.4 is 4.74 Å². The molecule has 0 aliphatic heterocycles. The van der Waals surface area contributed by atoms with Crippen LogP contribution in [-0.4, -0.2) is 29.8 Å². The highest BCUT2D eigenvalue weighted by atomic mass is 35.5. The average molecular weight is 259 g/mol. The van der Waals surface area contributed by atoms with Gasteiger partial charge in [0.2, 0.25) is 5.88 Å². The van der Waals surface area contributed by atoms with E-state index in [9.17, 15) is 0 Å². The molecule has 16 heavy (non-hydrogen) atoms. The Morgan fingerprint density at radius 2 is 2.25 bits per heavy atom. The van der Waals surface area contributed by atoms with Gasteiger partial charge in [0, 0.05) is 12.0 Å². The van der Waals surface area contributed by atoms with Crippen LogP contribution in [0.25, 0.3) is 10.2 Å². The SMILES string of the molecule is CCOCCOc1ncnc2scc(Cl)c12. The van der Waals surface area contributed by atoms with E-state index < -0.39 is 0 Å². The van der Waals surface area contributed by atoms with Crippen molar-refractivity contribution in [3.05, 3.63) is 16.7 Å². The molecule has 0 fully saturated rings. The van der Waals surface area contributed by atoms with Crippen molar-refractivity contribution in [2.45, 2.75) is 6.92 Å². The summed E-state index contributed by atoms with van der Waals surface area (Å²) in [5, 5.41) is 3.24. The van der Waals surface area contributed by atoms with Crippen molar-refractivity contribution >= 4 is 33.2 Å². The summed E-state index contributed by atoms with van der Waals surface area (Å²) in [6.45, 7) is 3.64. The Morgan fingerprint density at radius 1 is 1.38 bits per heavy atom. The maximum Gasteiger partial charge on any atom is 0.226 e. The van der Waals surface area contributed by atoms with Gasteiger partial charge in [-0.1, -0.05) is 11.6 Å². The highest BCUT2D eigenvalue weighted by molar-refractivity contribution is 7.17. The first kappa shape index (κ1) is 11.6. The molecule has 4 nitrogen and oxygen atoms in total. The third kappa shape index (κ3) is 2.42. The summed E-state index contributed by atoms with van der Waals surface area (Å²) in [6.07, 6.45) is 1.48. The molecule has 0 N–H and O–H groups in total. The second kappa shape index (κ2) is 5.43. The summed E-state index contributed by atoms with van der Waals surface area (Å²) >= 11 is 7.51. The van der Waals surface area contributed by atoms with Crippen LogP contribution in [0.2, 0.25) is 5.02 Å². The molecule has 2 aromatic rings. The minimum Gasteiger partial charge on any atom is -0.475 e. The first-order chi connectivity index (χ1) is 7.83. The Bertz CT molecular complexity index is 475. The average Bonchev–Trinajstić information content (AvgIpc) is 2.68. The lowest BCUT2D eigenvalue weighted by molar-refractivity contribution is 0.109. The van der Waals surface area contributed by atoms with Gasteiger partial charge in [-0.15, -0.1) is 11.3 Å². The van der Waals surface area contributed by atoms with Gasteiger partial charge in [0.25, 0.3) is 0 Å². The minimum absolute atomic E-state index is 0.464. The van der Waals surface area contributed by atoms with Gasteiger partial charge in [0.15, 0.2) is 0 Å². The molecule has 0 aliphatic rings. The van der Waals surface area contributed by atoms with Gasteiger partial charge >= 0.3 is 0 Å². The van der Waals surface area contributed by atoms with E-state index in [0.29, 0.717) is 30.7 Å². The number of ether oxygens (including phenoxy) is 2. The molecule has 2 heterocycles. The molecule has 0 atom stereocenters. The lowest BCUT2D eigenvalue weighted by Gasteiger charge is -2.05. The molecule has 6 heteroatoms. The fourth-order valence-corrected chi connectivity index (χ4v) is 2.38. The first-order valence-corrected chi connectivity index (χ1v) is 6.17. The quantitative estimate of drug-likeness (QED) is 0.774. The maximum absolute atomic E-state index is 6.04. The number of hydrogen-bond acceptors (Lipinski definition) is 5. The molecule has 0 radical (unpaired) electrons. The number of hydrogen-bond donors (Lipinski definition) is 0. The lowest BCUT2D eigenvalue weighted by Crippen LogP contribution is -2.07. The van der Waals surface area contributed by atoms with E-state index in [4.69, 9.17) is 21.1 Å². The molecule has 0 bridgehead atoms. The van der Waals surface area contributed by atoms with Crippen LogP contribution in [0.15, 0.2) is 11.7 Å². The molecule has 0 unspecified atom stereocenters. The molecule has 2 rings (SSSR count). The number of rotatable bonds is 5. The Kier molecular flexibility index (Phi) is 3.93. The van der Waals surface area contributed by atoms with E-state index in [1.807, 2.05) is 12.3 Å². The summed E-state index contributed by atoms with van der Waals surface area (Å²) in [4.78, 5) is 9.03. The van der Waals surface area contributed by atoms with Gasteiger partial charge in [-0.05, 0) is 6.92 Å². The van der Waals surface area contributed by atoms with Gasteiger partial charge in [0.1, 0.15) is 17.8 Å². The van der Waals surface area contributed by atoms with Crippen LogP contribution in [0.4, 0.5) is 0 Å². The standard InChI is InChI=1S/C10H11ClN2O2S/c1-2-14-3-4-15-9-8-7(11)5-16-10(8)13-6-12-9/h5-6H,2-4H2,1H3. The lowest BCUT2D eigenvalue weighted by atomic mass is 10.4. The summed E-state index contributed by atoms with van der Waals surface area (Å²) in [5.74, 6) is 0.524. The molecule has 2 aromatic heterocycles. The van der Waals surface area contributed by atoms with Crippen LogP contribution in [0.3, 0.4) is 0 Å². The third-order valence-corrected chi connectivity index (χ3v) is 3.27. The predicted octanol–water partition coefficient (Wildman–Crippen LogP) is 2.76. The molecule has 0 saturated heterocycles. The van der Waals surface area contributed by atoms with Crippen molar-refractivity contribution in [3.8, 4) is 5.88 Å². The van der Waals surface area contributed by atoms with E-state index in [2.05, 4.69) is 9.97 Å². The summed E-state index contributed by atoms with van der Waals surface area (Å²) < 4.78 is 10.7. The minimum atomic E-state index is 0.464. The van der Waals surface area contributed by atoms with Gasteiger partial charge in [0.05, 0.1) is 17.0 Å². The van der Waals surface area contributed by atoms with Crippen molar-refractivity contribution in [1.29, 1.82) is 0 Å². The van der Waals surface area contributed by atoms with Gasteiger partial charge in [-0.2, -0.15) is 0 Å². The number of aromatic nitrogens is 2. The van der Waals surface area contributed by atoms with Crippen LogP contribution in [0.5, 0.6) is 5.88 Å². The van der Waals surface area contributed by atoms with Crippen molar-refractivity contribution in [3.63, 3.8) is 0 Å². The Balaban J connectivity index is 2.13. The predicted molar refractivity (Wildman–Crippen MR) is 64.4 cm³/mol. The molecule has 0 saturated carbocycles. The van der Waals surface area contributed by atoms with E-state index in [1.165, 1.54) is 17.7 Å².